The number of carbonyl (C=O) groups excluding carboxylic acids is 1. The molecule has 0 fully saturated rings. The van der Waals surface area contributed by atoms with E-state index < -0.39 is 0 Å². The van der Waals surface area contributed by atoms with Gasteiger partial charge in [-0.3, -0.25) is 4.79 Å². The molecule has 0 saturated heterocycles. The van der Waals surface area contributed by atoms with Crippen molar-refractivity contribution in [3.8, 4) is 0 Å². The minimum Gasteiger partial charge on any atom is -0.380 e. The highest BCUT2D eigenvalue weighted by molar-refractivity contribution is 5.91. The number of rotatable bonds is 8. The van der Waals surface area contributed by atoms with Crippen molar-refractivity contribution in [2.45, 2.75) is 20.3 Å². The molecule has 0 aliphatic heterocycles. The van der Waals surface area contributed by atoms with Crippen molar-refractivity contribution >= 4 is 11.7 Å². The van der Waals surface area contributed by atoms with Crippen LogP contribution in [0.3, 0.4) is 0 Å². The van der Waals surface area contributed by atoms with Crippen molar-refractivity contribution in [2.24, 2.45) is 11.8 Å². The SMILES string of the molecule is CC(C)CCOCCNC(=O)c1cnc(NN)cn1. The number of ether oxygens (including phenoxy) is 1. The fourth-order valence-electron chi connectivity index (χ4n) is 1.27. The second-order valence-electron chi connectivity index (χ2n) is 4.48. The molecule has 4 N–H and O–H groups in total. The Labute approximate surface area is 112 Å². The van der Waals surface area contributed by atoms with E-state index in [2.05, 4.69) is 34.6 Å². The molecule has 0 aliphatic rings. The predicted octanol–water partition coefficient (Wildman–Crippen LogP) is 0.555. The van der Waals surface area contributed by atoms with Crippen LogP contribution in [0.1, 0.15) is 30.8 Å². The van der Waals surface area contributed by atoms with Crippen LogP contribution in [-0.2, 0) is 4.74 Å². The summed E-state index contributed by atoms with van der Waals surface area (Å²) in [4.78, 5) is 19.5. The van der Waals surface area contributed by atoms with Gasteiger partial charge in [0.1, 0.15) is 5.69 Å². The number of hydrogen-bond donors (Lipinski definition) is 3. The molecule has 106 valence electrons. The zero-order valence-electron chi connectivity index (χ0n) is 11.3. The molecule has 0 saturated carbocycles. The number of nitrogen functional groups attached to an aromatic ring is 1. The molecular weight excluding hydrogens is 246 g/mol. The average Bonchev–Trinajstić information content (AvgIpc) is 2.42. The summed E-state index contributed by atoms with van der Waals surface area (Å²) < 4.78 is 5.39. The second kappa shape index (κ2) is 8.39. The van der Waals surface area contributed by atoms with Gasteiger partial charge in [0.25, 0.3) is 5.91 Å². The molecule has 1 aromatic rings. The number of aromatic nitrogens is 2. The van der Waals surface area contributed by atoms with E-state index in [1.165, 1.54) is 12.4 Å². The van der Waals surface area contributed by atoms with Crippen molar-refractivity contribution in [3.05, 3.63) is 18.1 Å². The summed E-state index contributed by atoms with van der Waals surface area (Å²) in [5, 5.41) is 2.71. The number of hydrazine groups is 1. The number of hydrogen-bond acceptors (Lipinski definition) is 6. The Hall–Kier alpha value is -1.73. The monoisotopic (exact) mass is 267 g/mol. The molecule has 1 rings (SSSR count). The fourth-order valence-corrected chi connectivity index (χ4v) is 1.27. The zero-order chi connectivity index (χ0) is 14.1. The van der Waals surface area contributed by atoms with Crippen molar-refractivity contribution in [1.82, 2.24) is 15.3 Å². The van der Waals surface area contributed by atoms with Crippen LogP contribution in [0.5, 0.6) is 0 Å². The Kier molecular flexibility index (Phi) is 6.76. The van der Waals surface area contributed by atoms with Gasteiger partial charge >= 0.3 is 0 Å². The normalized spacial score (nSPS) is 10.5. The number of nitrogens with one attached hydrogen (secondary N) is 2. The minimum absolute atomic E-state index is 0.251. The van der Waals surface area contributed by atoms with E-state index in [0.717, 1.165) is 6.42 Å². The van der Waals surface area contributed by atoms with Gasteiger partial charge in [-0.05, 0) is 12.3 Å². The Bertz CT molecular complexity index is 380. The van der Waals surface area contributed by atoms with E-state index >= 15 is 0 Å². The molecule has 0 atom stereocenters. The Morgan fingerprint density at radius 1 is 1.37 bits per heavy atom. The number of anilines is 1. The predicted molar refractivity (Wildman–Crippen MR) is 72.4 cm³/mol. The Balaban J connectivity index is 2.20. The topological polar surface area (TPSA) is 102 Å². The molecule has 7 heteroatoms. The maximum atomic E-state index is 11.7. The highest BCUT2D eigenvalue weighted by atomic mass is 16.5. The molecule has 0 spiro atoms. The van der Waals surface area contributed by atoms with Crippen molar-refractivity contribution < 1.29 is 9.53 Å². The average molecular weight is 267 g/mol. The Morgan fingerprint density at radius 3 is 2.74 bits per heavy atom. The summed E-state index contributed by atoms with van der Waals surface area (Å²) in [5.41, 5.74) is 2.59. The van der Waals surface area contributed by atoms with Gasteiger partial charge < -0.3 is 15.5 Å². The highest BCUT2D eigenvalue weighted by Crippen LogP contribution is 1.99. The lowest BCUT2D eigenvalue weighted by Crippen LogP contribution is -2.28. The van der Waals surface area contributed by atoms with Crippen molar-refractivity contribution in [2.75, 3.05) is 25.2 Å². The minimum atomic E-state index is -0.275. The van der Waals surface area contributed by atoms with Crippen LogP contribution in [-0.4, -0.2) is 35.6 Å². The highest BCUT2D eigenvalue weighted by Gasteiger charge is 2.06. The summed E-state index contributed by atoms with van der Waals surface area (Å²) >= 11 is 0. The van der Waals surface area contributed by atoms with Crippen LogP contribution in [0.15, 0.2) is 12.4 Å². The van der Waals surface area contributed by atoms with Crippen molar-refractivity contribution in [3.63, 3.8) is 0 Å². The van der Waals surface area contributed by atoms with Gasteiger partial charge in [0.05, 0.1) is 19.0 Å². The van der Waals surface area contributed by atoms with E-state index in [1.54, 1.807) is 0 Å². The number of nitrogens with zero attached hydrogens (tertiary/aromatic N) is 2. The zero-order valence-corrected chi connectivity index (χ0v) is 11.3. The van der Waals surface area contributed by atoms with Crippen LogP contribution in [0.2, 0.25) is 0 Å². The fraction of sp³-hybridized carbons (Fsp3) is 0.583. The summed E-state index contributed by atoms with van der Waals surface area (Å²) in [6.07, 6.45) is 3.78. The first-order valence-corrected chi connectivity index (χ1v) is 6.28. The van der Waals surface area contributed by atoms with Gasteiger partial charge in [-0.2, -0.15) is 0 Å². The van der Waals surface area contributed by atoms with Crippen LogP contribution in [0.4, 0.5) is 5.82 Å². The first-order chi connectivity index (χ1) is 9.13. The third-order valence-corrected chi connectivity index (χ3v) is 2.40. The lowest BCUT2D eigenvalue weighted by Gasteiger charge is -2.07. The molecule has 19 heavy (non-hydrogen) atoms. The molecule has 0 bridgehead atoms. The standard InChI is InChI=1S/C12H21N5O2/c1-9(2)3-5-19-6-4-14-12(18)10-7-16-11(17-13)8-15-10/h7-9H,3-6,13H2,1-2H3,(H,14,18)(H,16,17). The van der Waals surface area contributed by atoms with Crippen molar-refractivity contribution in [1.29, 1.82) is 0 Å². The summed E-state index contributed by atoms with van der Waals surface area (Å²) in [6, 6.07) is 0. The second-order valence-corrected chi connectivity index (χ2v) is 4.48. The van der Waals surface area contributed by atoms with Crippen LogP contribution in [0.25, 0.3) is 0 Å². The first-order valence-electron chi connectivity index (χ1n) is 6.28. The first kappa shape index (κ1) is 15.3. The molecular formula is C12H21N5O2. The molecule has 0 aliphatic carbocycles. The maximum absolute atomic E-state index is 11.7. The molecule has 1 amide bonds. The molecule has 7 nitrogen and oxygen atoms in total. The van der Waals surface area contributed by atoms with Crippen LogP contribution in [0, 0.1) is 5.92 Å². The molecule has 1 aromatic heterocycles. The van der Waals surface area contributed by atoms with Gasteiger partial charge in [-0.25, -0.2) is 15.8 Å². The molecule has 0 aromatic carbocycles. The molecule has 0 radical (unpaired) electrons. The third-order valence-electron chi connectivity index (χ3n) is 2.40. The van der Waals surface area contributed by atoms with E-state index in [0.29, 0.717) is 31.5 Å². The van der Waals surface area contributed by atoms with E-state index in [-0.39, 0.29) is 11.6 Å². The molecule has 0 unspecified atom stereocenters. The largest absolute Gasteiger partial charge is 0.380 e. The smallest absolute Gasteiger partial charge is 0.271 e. The summed E-state index contributed by atoms with van der Waals surface area (Å²) in [7, 11) is 0. The number of nitrogens with two attached hydrogens (primary N) is 1. The van der Waals surface area contributed by atoms with Crippen LogP contribution >= 0.6 is 0 Å². The summed E-state index contributed by atoms with van der Waals surface area (Å²) in [6.45, 7) is 5.95. The van der Waals surface area contributed by atoms with Crippen LogP contribution < -0.4 is 16.6 Å². The van der Waals surface area contributed by atoms with Gasteiger partial charge in [-0.15, -0.1) is 0 Å². The number of carbonyl (C=O) groups is 1. The third kappa shape index (κ3) is 6.12. The quantitative estimate of drug-likeness (QED) is 0.361. The number of amides is 1. The van der Waals surface area contributed by atoms with E-state index in [1.807, 2.05) is 0 Å². The Morgan fingerprint density at radius 2 is 2.16 bits per heavy atom. The van der Waals surface area contributed by atoms with Gasteiger partial charge in [0.15, 0.2) is 5.82 Å². The van der Waals surface area contributed by atoms with Gasteiger partial charge in [0.2, 0.25) is 0 Å². The lowest BCUT2D eigenvalue weighted by atomic mass is 10.1. The summed E-state index contributed by atoms with van der Waals surface area (Å²) in [5.74, 6) is 5.92. The maximum Gasteiger partial charge on any atom is 0.271 e. The van der Waals surface area contributed by atoms with E-state index in [9.17, 15) is 4.79 Å². The lowest BCUT2D eigenvalue weighted by molar-refractivity contribution is 0.0901. The van der Waals surface area contributed by atoms with Gasteiger partial charge in [-0.1, -0.05) is 13.8 Å². The molecule has 1 heterocycles. The van der Waals surface area contributed by atoms with Gasteiger partial charge in [0, 0.05) is 13.2 Å². The van der Waals surface area contributed by atoms with E-state index in [4.69, 9.17) is 10.6 Å².